The Balaban J connectivity index is 1.25. The van der Waals surface area contributed by atoms with Crippen LogP contribution in [0.4, 0.5) is 0 Å². The first-order chi connectivity index (χ1) is 25.2. The second-order valence-corrected chi connectivity index (χ2v) is 14.0. The molecule has 0 saturated heterocycles. The summed E-state index contributed by atoms with van der Waals surface area (Å²) >= 11 is 0. The Kier molecular flexibility index (Phi) is 5.17. The Morgan fingerprint density at radius 3 is 1.45 bits per heavy atom. The average molecular weight is 646 g/mol. The molecule has 51 heavy (non-hydrogen) atoms. The third-order valence-corrected chi connectivity index (χ3v) is 11.5. The van der Waals surface area contributed by atoms with E-state index in [1.807, 2.05) is 24.8 Å². The van der Waals surface area contributed by atoms with Crippen LogP contribution in [0.15, 0.2) is 146 Å². The Morgan fingerprint density at radius 1 is 0.373 bits per heavy atom. The first-order valence-electron chi connectivity index (χ1n) is 17.5. The molecule has 12 rings (SSSR count). The smallest absolute Gasteiger partial charge is 0.115 e. The van der Waals surface area contributed by atoms with Crippen LogP contribution >= 0.6 is 0 Å². The molecule has 2 aliphatic rings. The highest BCUT2D eigenvalue weighted by atomic mass is 14.8. The zero-order valence-corrected chi connectivity index (χ0v) is 27.7. The van der Waals surface area contributed by atoms with E-state index in [1.165, 1.54) is 121 Å². The molecule has 0 bridgehead atoms. The molecule has 0 spiro atoms. The van der Waals surface area contributed by atoms with E-state index in [4.69, 9.17) is 0 Å². The standard InChI is InChI=1S/C48H27N3/c1-26-22-49-19-18-30(26)46-36-17-15-31-32(40(36)21-42-34-11-3-7-28-9-5-13-38(44(28)34)48(42)46)14-16-35-39(31)20-41-33-10-2-6-27-8-4-12-37(43(27)33)47(41)45(35)29-23-50-25-51-24-29/h2-25H,1H3. The third kappa shape index (κ3) is 3.45. The summed E-state index contributed by atoms with van der Waals surface area (Å²) in [5.41, 5.74) is 16.2. The number of aryl methyl sites for hydroxylation is 1. The van der Waals surface area contributed by atoms with Gasteiger partial charge in [0.1, 0.15) is 6.33 Å². The van der Waals surface area contributed by atoms with Gasteiger partial charge in [-0.15, -0.1) is 0 Å². The molecular weight excluding hydrogens is 619 g/mol. The molecule has 0 atom stereocenters. The van der Waals surface area contributed by atoms with Gasteiger partial charge in [-0.1, -0.05) is 97.1 Å². The van der Waals surface area contributed by atoms with E-state index >= 15 is 0 Å². The fourth-order valence-electron chi connectivity index (χ4n) is 9.46. The van der Waals surface area contributed by atoms with Crippen molar-refractivity contribution < 1.29 is 0 Å². The Labute approximate surface area is 293 Å². The van der Waals surface area contributed by atoms with Gasteiger partial charge in [0.2, 0.25) is 0 Å². The number of pyridine rings is 1. The summed E-state index contributed by atoms with van der Waals surface area (Å²) in [5.74, 6) is 0. The number of rotatable bonds is 2. The van der Waals surface area contributed by atoms with Crippen molar-refractivity contribution in [3.63, 3.8) is 0 Å². The Morgan fingerprint density at radius 2 is 0.882 bits per heavy atom. The van der Waals surface area contributed by atoms with E-state index in [2.05, 4.69) is 137 Å². The van der Waals surface area contributed by atoms with Gasteiger partial charge < -0.3 is 0 Å². The highest BCUT2D eigenvalue weighted by molar-refractivity contribution is 6.30. The summed E-state index contributed by atoms with van der Waals surface area (Å²) in [5, 5.41) is 12.7. The molecule has 10 aromatic rings. The first kappa shape index (κ1) is 27.2. The van der Waals surface area contributed by atoms with Crippen LogP contribution in [0.25, 0.3) is 121 Å². The molecule has 234 valence electrons. The summed E-state index contributed by atoms with van der Waals surface area (Å²) in [6.45, 7) is 2.18. The molecule has 0 fully saturated rings. The molecule has 0 unspecified atom stereocenters. The van der Waals surface area contributed by atoms with Crippen molar-refractivity contribution in [1.29, 1.82) is 0 Å². The number of hydrogen-bond donors (Lipinski definition) is 0. The summed E-state index contributed by atoms with van der Waals surface area (Å²) < 4.78 is 0. The maximum atomic E-state index is 4.49. The first-order valence-corrected chi connectivity index (χ1v) is 17.5. The van der Waals surface area contributed by atoms with Crippen LogP contribution < -0.4 is 0 Å². The van der Waals surface area contributed by atoms with E-state index in [9.17, 15) is 0 Å². The molecule has 3 heteroatoms. The van der Waals surface area contributed by atoms with Gasteiger partial charge in [-0.2, -0.15) is 0 Å². The molecule has 2 aliphatic carbocycles. The summed E-state index contributed by atoms with van der Waals surface area (Å²) in [4.78, 5) is 13.5. The van der Waals surface area contributed by atoms with Crippen LogP contribution in [0, 0.1) is 6.92 Å². The lowest BCUT2D eigenvalue weighted by Crippen LogP contribution is -1.94. The van der Waals surface area contributed by atoms with Crippen molar-refractivity contribution in [1.82, 2.24) is 15.0 Å². The Hall–Kier alpha value is -6.71. The molecular formula is C48H27N3. The Bertz CT molecular complexity index is 3180. The van der Waals surface area contributed by atoms with Crippen molar-refractivity contribution >= 4 is 53.9 Å². The topological polar surface area (TPSA) is 38.7 Å². The van der Waals surface area contributed by atoms with Crippen molar-refractivity contribution in [2.24, 2.45) is 0 Å². The second kappa shape index (κ2) is 9.71. The predicted octanol–water partition coefficient (Wildman–Crippen LogP) is 12.6. The molecule has 2 aromatic heterocycles. The lowest BCUT2D eigenvalue weighted by atomic mass is 9.83. The lowest BCUT2D eigenvalue weighted by Gasteiger charge is -2.19. The van der Waals surface area contributed by atoms with E-state index < -0.39 is 0 Å². The average Bonchev–Trinajstić information content (AvgIpc) is 3.68. The normalized spacial score (nSPS) is 12.4. The molecule has 0 amide bonds. The van der Waals surface area contributed by atoms with Crippen LogP contribution in [0.2, 0.25) is 0 Å². The minimum absolute atomic E-state index is 1.03. The zero-order valence-electron chi connectivity index (χ0n) is 27.7. The fraction of sp³-hybridized carbons (Fsp3) is 0.0208. The van der Waals surface area contributed by atoms with Gasteiger partial charge >= 0.3 is 0 Å². The SMILES string of the molecule is Cc1cnccc1-c1c2c(cc3c1ccc1c4cc5c(c(-c6cncnc6)c4ccc31)-c1cccc3cccc-5c13)-c1cccc3cccc-2c13. The quantitative estimate of drug-likeness (QED) is 0.176. The van der Waals surface area contributed by atoms with Crippen LogP contribution in [-0.2, 0) is 0 Å². The van der Waals surface area contributed by atoms with E-state index in [-0.39, 0.29) is 0 Å². The minimum atomic E-state index is 1.03. The minimum Gasteiger partial charge on any atom is -0.264 e. The maximum Gasteiger partial charge on any atom is 0.115 e. The highest BCUT2D eigenvalue weighted by Gasteiger charge is 2.29. The van der Waals surface area contributed by atoms with Gasteiger partial charge in [-0.05, 0) is 140 Å². The van der Waals surface area contributed by atoms with E-state index in [0.29, 0.717) is 0 Å². The summed E-state index contributed by atoms with van der Waals surface area (Å²) in [7, 11) is 0. The fourth-order valence-corrected chi connectivity index (χ4v) is 9.46. The maximum absolute atomic E-state index is 4.49. The predicted molar refractivity (Wildman–Crippen MR) is 212 cm³/mol. The van der Waals surface area contributed by atoms with Gasteiger partial charge in [0.05, 0.1) is 0 Å². The molecule has 8 aromatic carbocycles. The van der Waals surface area contributed by atoms with Gasteiger partial charge in [0.15, 0.2) is 0 Å². The van der Waals surface area contributed by atoms with Crippen molar-refractivity contribution in [3.05, 3.63) is 152 Å². The molecule has 2 heterocycles. The third-order valence-electron chi connectivity index (χ3n) is 11.5. The number of fused-ring (bicyclic) bond motifs is 11. The van der Waals surface area contributed by atoms with Crippen molar-refractivity contribution in [3.8, 4) is 66.8 Å². The number of hydrogen-bond acceptors (Lipinski definition) is 3. The number of aromatic nitrogens is 3. The van der Waals surface area contributed by atoms with Gasteiger partial charge in [-0.3, -0.25) is 4.98 Å². The summed E-state index contributed by atoms with van der Waals surface area (Å²) in [6.07, 6.45) is 9.46. The van der Waals surface area contributed by atoms with Gasteiger partial charge in [0, 0.05) is 35.9 Å². The van der Waals surface area contributed by atoms with Gasteiger partial charge in [-0.25, -0.2) is 9.97 Å². The van der Waals surface area contributed by atoms with Crippen LogP contribution in [0.1, 0.15) is 5.56 Å². The second-order valence-electron chi connectivity index (χ2n) is 14.0. The van der Waals surface area contributed by atoms with Crippen molar-refractivity contribution in [2.75, 3.05) is 0 Å². The van der Waals surface area contributed by atoms with Crippen LogP contribution in [0.3, 0.4) is 0 Å². The van der Waals surface area contributed by atoms with Crippen molar-refractivity contribution in [2.45, 2.75) is 6.92 Å². The molecule has 0 aliphatic heterocycles. The van der Waals surface area contributed by atoms with Gasteiger partial charge in [0.25, 0.3) is 0 Å². The van der Waals surface area contributed by atoms with Crippen LogP contribution in [0.5, 0.6) is 0 Å². The zero-order chi connectivity index (χ0) is 33.4. The number of benzene rings is 8. The molecule has 0 N–H and O–H groups in total. The molecule has 3 nitrogen and oxygen atoms in total. The largest absolute Gasteiger partial charge is 0.264 e. The van der Waals surface area contributed by atoms with E-state index in [1.54, 1.807) is 6.33 Å². The summed E-state index contributed by atoms with van der Waals surface area (Å²) in [6, 6.07) is 43.3. The molecule has 0 saturated carbocycles. The van der Waals surface area contributed by atoms with E-state index in [0.717, 1.165) is 5.56 Å². The lowest BCUT2D eigenvalue weighted by molar-refractivity contribution is 1.17. The number of nitrogens with zero attached hydrogens (tertiary/aromatic N) is 3. The highest BCUT2D eigenvalue weighted by Crippen LogP contribution is 2.56. The molecule has 0 radical (unpaired) electrons. The monoisotopic (exact) mass is 645 g/mol. The van der Waals surface area contributed by atoms with Crippen LogP contribution in [-0.4, -0.2) is 15.0 Å².